The Bertz CT molecular complexity index is 3300. The van der Waals surface area contributed by atoms with Gasteiger partial charge in [-0.25, -0.2) is 43.6 Å². The van der Waals surface area contributed by atoms with Crippen LogP contribution >= 0.6 is 0 Å². The van der Waals surface area contributed by atoms with Gasteiger partial charge in [0.25, 0.3) is 0 Å². The molecular weight excluding hydrogens is 960 g/mol. The van der Waals surface area contributed by atoms with Crippen molar-refractivity contribution in [1.82, 2.24) is 19.9 Å². The Morgan fingerprint density at radius 1 is 0.308 bits per heavy atom. The largest absolute Gasteiger partial charge is 4.00 e. The Kier molecular flexibility index (Phi) is 11.5. The number of rotatable bonds is 8. The molecule has 0 fully saturated rings. The molecule has 0 spiro atoms. The molecule has 0 saturated carbocycles. The summed E-state index contributed by atoms with van der Waals surface area (Å²) in [7, 11) is -19.2. The smallest absolute Gasteiger partial charge is 0.744 e. The SMILES string of the molecule is O=S(=O)([O-])c1ccc(-c2c3nc(c(-c4ccc(S(=O)(=O)[O-])cc4)c4ccc([nH]4)c(-c4ccc(S(=O)(=O)[O-])cc4)c4nc(c(-c5ccc(S(=O)(=O)[O-])cc5)c5ccc2[nH]5)C=C4)C=C3)cc1.[Mn+4]. The zero-order valence-electron chi connectivity index (χ0n) is 32.7. The van der Waals surface area contributed by atoms with Crippen LogP contribution in [-0.2, 0) is 57.5 Å². The average Bonchev–Trinajstić information content (AvgIpc) is 4.08. The van der Waals surface area contributed by atoms with Crippen LogP contribution in [0.15, 0.2) is 141 Å². The van der Waals surface area contributed by atoms with Crippen LogP contribution in [0.5, 0.6) is 0 Å². The molecule has 325 valence electrons. The van der Waals surface area contributed by atoms with E-state index < -0.39 is 60.1 Å². The average molecular weight is 986 g/mol. The molecule has 5 heterocycles. The Morgan fingerprint density at radius 3 is 0.662 bits per heavy atom. The summed E-state index contributed by atoms with van der Waals surface area (Å²) < 4.78 is 143. The van der Waals surface area contributed by atoms with E-state index in [4.69, 9.17) is 9.97 Å². The van der Waals surface area contributed by atoms with Gasteiger partial charge in [-0.1, -0.05) is 48.5 Å². The molecule has 1 radical (unpaired) electrons. The van der Waals surface area contributed by atoms with Crippen LogP contribution in [0.25, 0.3) is 90.9 Å². The van der Waals surface area contributed by atoms with E-state index in [1.54, 1.807) is 48.6 Å². The van der Waals surface area contributed by atoms with E-state index in [9.17, 15) is 51.9 Å². The number of hydrogen-bond acceptors (Lipinski definition) is 14. The Morgan fingerprint density at radius 2 is 0.492 bits per heavy atom. The third-order valence-electron chi connectivity index (χ3n) is 10.5. The fraction of sp³-hybridized carbons (Fsp3) is 0. The van der Waals surface area contributed by atoms with Crippen molar-refractivity contribution >= 4 is 86.8 Å². The molecule has 2 N–H and O–H groups in total. The summed E-state index contributed by atoms with van der Waals surface area (Å²) in [5.74, 6) is 0. The number of H-pyrrole nitrogens is 2. The molecule has 0 saturated heterocycles. The van der Waals surface area contributed by atoms with Gasteiger partial charge in [-0.2, -0.15) is 0 Å². The minimum Gasteiger partial charge on any atom is -0.744 e. The quantitative estimate of drug-likeness (QED) is 0.115. The molecule has 0 aliphatic carbocycles. The summed E-state index contributed by atoms with van der Waals surface area (Å²) in [6, 6.07) is 27.8. The van der Waals surface area contributed by atoms with E-state index in [1.807, 2.05) is 0 Å². The monoisotopic (exact) mass is 985 g/mol. The molecule has 21 heteroatoms. The Labute approximate surface area is 381 Å². The number of aromatic amines is 2. The first-order chi connectivity index (χ1) is 30.2. The van der Waals surface area contributed by atoms with Crippen molar-refractivity contribution in [2.75, 3.05) is 0 Å². The van der Waals surface area contributed by atoms with Gasteiger partial charge in [0.15, 0.2) is 0 Å². The summed E-state index contributed by atoms with van der Waals surface area (Å²) in [6.45, 7) is 0. The Hall–Kier alpha value is -6.36. The van der Waals surface area contributed by atoms with Crippen molar-refractivity contribution in [3.63, 3.8) is 0 Å². The zero-order valence-corrected chi connectivity index (χ0v) is 37.1. The number of hydrogen-bond donors (Lipinski definition) is 2. The van der Waals surface area contributed by atoms with Gasteiger partial charge >= 0.3 is 17.1 Å². The van der Waals surface area contributed by atoms with Gasteiger partial charge in [0.1, 0.15) is 40.5 Å². The second-order valence-corrected chi connectivity index (χ2v) is 19.9. The first-order valence-electron chi connectivity index (χ1n) is 18.6. The van der Waals surface area contributed by atoms with Gasteiger partial charge in [0.2, 0.25) is 0 Å². The topological polar surface area (TPSA) is 286 Å². The number of benzene rings is 4. The maximum Gasteiger partial charge on any atom is 4.00 e. The third-order valence-corrected chi connectivity index (χ3v) is 13.9. The fourth-order valence-corrected chi connectivity index (χ4v) is 9.45. The van der Waals surface area contributed by atoms with E-state index in [0.29, 0.717) is 89.4 Å². The van der Waals surface area contributed by atoms with Crippen molar-refractivity contribution in [2.45, 2.75) is 19.6 Å². The molecule has 0 amide bonds. The van der Waals surface area contributed by atoms with Crippen molar-refractivity contribution < 1.29 is 69.0 Å². The Balaban J connectivity index is 0.00000576. The minimum atomic E-state index is -4.81. The van der Waals surface area contributed by atoms with Gasteiger partial charge in [-0.15, -0.1) is 0 Å². The standard InChI is InChI=1S/C44H30N4O12S4.Mn/c49-61(50,51)29-9-1-25(2-10-29)41-33-17-19-35(45-33)42(26-3-11-30(12-4-26)62(52,53)54)37-21-23-39(47-37)44(28-7-15-32(16-8-28)64(58,59)60)40-24-22-38(48-40)43(36-20-18-34(41)46-36)27-5-13-31(14-6-27)63(55,56)57;/h1-24,45,48H,(H,49,50,51)(H,52,53,54)(H,55,56,57)(H,58,59,60);/q;+4/p-4. The van der Waals surface area contributed by atoms with Crippen LogP contribution in [0, 0.1) is 0 Å². The van der Waals surface area contributed by atoms with Gasteiger partial charge in [0, 0.05) is 44.3 Å². The van der Waals surface area contributed by atoms with Crippen molar-refractivity contribution in [3.05, 3.63) is 144 Å². The number of nitrogens with one attached hydrogen (secondary N) is 2. The van der Waals surface area contributed by atoms with Crippen LogP contribution in [0.1, 0.15) is 22.8 Å². The molecule has 3 aromatic heterocycles. The molecule has 2 aliphatic heterocycles. The van der Waals surface area contributed by atoms with Gasteiger partial charge in [0.05, 0.1) is 42.4 Å². The van der Waals surface area contributed by atoms with Crippen LogP contribution in [0.3, 0.4) is 0 Å². The van der Waals surface area contributed by atoms with Crippen LogP contribution in [0.4, 0.5) is 0 Å². The molecule has 0 unspecified atom stereocenters. The number of nitrogens with zero attached hydrogens (tertiary/aromatic N) is 2. The third kappa shape index (κ3) is 8.89. The van der Waals surface area contributed by atoms with Gasteiger partial charge < -0.3 is 28.2 Å². The van der Waals surface area contributed by atoms with E-state index in [-0.39, 0.29) is 17.1 Å². The molecular formula is C44H26MnN4O12S4. The summed E-state index contributed by atoms with van der Waals surface area (Å²) >= 11 is 0. The zero-order chi connectivity index (χ0) is 45.3. The minimum absolute atomic E-state index is 0. The predicted octanol–water partition coefficient (Wildman–Crippen LogP) is 6.94. The molecule has 7 aromatic rings. The van der Waals surface area contributed by atoms with Crippen molar-refractivity contribution in [2.24, 2.45) is 0 Å². The summed E-state index contributed by atoms with van der Waals surface area (Å²) in [4.78, 5) is 15.0. The molecule has 8 bridgehead atoms. The molecule has 2 aliphatic rings. The normalized spacial score (nSPS) is 12.9. The van der Waals surface area contributed by atoms with E-state index in [0.717, 1.165) is 0 Å². The van der Waals surface area contributed by atoms with Crippen LogP contribution in [0.2, 0.25) is 0 Å². The summed E-state index contributed by atoms with van der Waals surface area (Å²) in [6.07, 6.45) is 6.79. The van der Waals surface area contributed by atoms with Crippen molar-refractivity contribution in [1.29, 1.82) is 0 Å². The predicted molar refractivity (Wildman–Crippen MR) is 232 cm³/mol. The maximum absolute atomic E-state index is 11.9. The molecule has 4 aromatic carbocycles. The van der Waals surface area contributed by atoms with Gasteiger partial charge in [-0.05, 0) is 119 Å². The molecule has 65 heavy (non-hydrogen) atoms. The summed E-state index contributed by atoms with van der Waals surface area (Å²) in [5.41, 5.74) is 6.76. The van der Waals surface area contributed by atoms with E-state index in [1.165, 1.54) is 97.1 Å². The molecule has 9 rings (SSSR count). The maximum atomic E-state index is 11.9. The second kappa shape index (κ2) is 16.6. The molecule has 16 nitrogen and oxygen atoms in total. The first kappa shape index (κ1) is 45.2. The second-order valence-electron chi connectivity index (χ2n) is 14.4. The molecule has 0 atom stereocenters. The number of fused-ring (bicyclic) bond motifs is 8. The van der Waals surface area contributed by atoms with Gasteiger partial charge in [-0.3, -0.25) is 0 Å². The van der Waals surface area contributed by atoms with E-state index >= 15 is 0 Å². The van der Waals surface area contributed by atoms with E-state index in [2.05, 4.69) is 9.97 Å². The first-order valence-corrected chi connectivity index (χ1v) is 24.3. The number of aromatic nitrogens is 4. The summed E-state index contributed by atoms with van der Waals surface area (Å²) in [5, 5.41) is 0. The van der Waals surface area contributed by atoms with Crippen LogP contribution in [-0.4, -0.2) is 71.8 Å². The van der Waals surface area contributed by atoms with Crippen molar-refractivity contribution in [3.8, 4) is 44.5 Å². The van der Waals surface area contributed by atoms with Crippen LogP contribution < -0.4 is 0 Å². The fourth-order valence-electron chi connectivity index (χ4n) is 7.57.